The van der Waals surface area contributed by atoms with Gasteiger partial charge in [0.05, 0.1) is 30.9 Å². The van der Waals surface area contributed by atoms with Crippen LogP contribution >= 0.6 is 12.2 Å². The molecule has 136 valence electrons. The van der Waals surface area contributed by atoms with E-state index in [4.69, 9.17) is 9.57 Å². The lowest BCUT2D eigenvalue weighted by Gasteiger charge is -2.24. The molecule has 2 aliphatic rings. The Hall–Kier alpha value is -2.04. The lowest BCUT2D eigenvalue weighted by molar-refractivity contribution is 0.0589. The highest BCUT2D eigenvalue weighted by atomic mass is 32.1. The number of nitrogens with zero attached hydrogens (tertiary/aromatic N) is 2. The summed E-state index contributed by atoms with van der Waals surface area (Å²) in [5.74, 6) is -1.46. The average Bonchev–Trinajstić information content (AvgIpc) is 2.77. The number of thiocarbonyl (C=S) groups is 1. The second-order valence-electron chi connectivity index (χ2n) is 5.63. The van der Waals surface area contributed by atoms with Crippen LogP contribution in [0, 0.1) is 11.6 Å². The third-order valence-electron chi connectivity index (χ3n) is 3.98. The Bertz CT molecular complexity index is 633. The van der Waals surface area contributed by atoms with Crippen LogP contribution in [0.1, 0.15) is 0 Å². The van der Waals surface area contributed by atoms with Crippen LogP contribution in [0.5, 0.6) is 0 Å². The zero-order valence-corrected chi connectivity index (χ0v) is 14.2. The van der Waals surface area contributed by atoms with Crippen molar-refractivity contribution in [3.8, 4) is 0 Å². The number of carbonyl (C=O) groups excluding carboxylic acids is 1. The summed E-state index contributed by atoms with van der Waals surface area (Å²) in [7, 11) is 0. The van der Waals surface area contributed by atoms with Crippen LogP contribution in [0.25, 0.3) is 0 Å². The number of cyclic esters (lactones) is 1. The van der Waals surface area contributed by atoms with Crippen LogP contribution < -0.4 is 20.6 Å². The summed E-state index contributed by atoms with van der Waals surface area (Å²) in [6.45, 7) is 2.06. The number of nitrogens with one attached hydrogen (secondary N) is 2. The van der Waals surface area contributed by atoms with E-state index < -0.39 is 23.8 Å². The molecule has 2 heterocycles. The molecule has 1 aromatic carbocycles. The third-order valence-corrected chi connectivity index (χ3v) is 4.15. The van der Waals surface area contributed by atoms with Crippen molar-refractivity contribution < 1.29 is 23.1 Å². The Morgan fingerprint density at radius 3 is 2.84 bits per heavy atom. The molecule has 10 heteroatoms. The number of anilines is 2. The summed E-state index contributed by atoms with van der Waals surface area (Å²) < 4.78 is 34.3. The molecule has 3 rings (SSSR count). The van der Waals surface area contributed by atoms with Gasteiger partial charge in [0, 0.05) is 31.8 Å². The van der Waals surface area contributed by atoms with Crippen molar-refractivity contribution in [2.75, 3.05) is 49.1 Å². The van der Waals surface area contributed by atoms with Gasteiger partial charge in [-0.25, -0.2) is 19.1 Å². The Labute approximate surface area is 148 Å². The lowest BCUT2D eigenvalue weighted by atomic mass is 10.2. The minimum atomic E-state index is -0.731. The minimum absolute atomic E-state index is 0.123. The molecule has 7 nitrogen and oxygen atoms in total. The molecule has 0 aromatic heterocycles. The number of hydrogen-bond donors (Lipinski definition) is 2. The molecule has 1 amide bonds. The second kappa shape index (κ2) is 7.89. The van der Waals surface area contributed by atoms with Gasteiger partial charge in [0.25, 0.3) is 0 Å². The monoisotopic (exact) mass is 372 g/mol. The summed E-state index contributed by atoms with van der Waals surface area (Å²) in [5.41, 5.74) is 4.02. The van der Waals surface area contributed by atoms with E-state index in [-0.39, 0.29) is 17.9 Å². The Kier molecular flexibility index (Phi) is 5.61. The molecule has 0 radical (unpaired) electrons. The van der Waals surface area contributed by atoms with Gasteiger partial charge in [-0.2, -0.15) is 0 Å². The van der Waals surface area contributed by atoms with E-state index in [0.29, 0.717) is 32.8 Å². The first kappa shape index (κ1) is 17.8. The van der Waals surface area contributed by atoms with Crippen molar-refractivity contribution in [1.82, 2.24) is 10.8 Å². The van der Waals surface area contributed by atoms with Gasteiger partial charge in [-0.3, -0.25) is 9.74 Å². The quantitative estimate of drug-likeness (QED) is 0.753. The van der Waals surface area contributed by atoms with Gasteiger partial charge >= 0.3 is 6.09 Å². The standard InChI is InChI=1S/C15H18F2N4O3S/c16-12-5-10(21-8-11(7-18-9-25)24-15(21)22)6-13(17)14(12)20-2-1-19-23-4-3-20/h5-6,9,11,19H,1-4,7-8H2,(H,18,25). The maximum absolute atomic E-state index is 14.6. The van der Waals surface area contributed by atoms with Crippen LogP contribution in [-0.2, 0) is 9.57 Å². The van der Waals surface area contributed by atoms with E-state index in [2.05, 4.69) is 23.0 Å². The Balaban J connectivity index is 1.79. The van der Waals surface area contributed by atoms with Crippen molar-refractivity contribution in [2.45, 2.75) is 6.10 Å². The molecular formula is C15H18F2N4O3S. The first-order valence-electron chi connectivity index (χ1n) is 7.84. The van der Waals surface area contributed by atoms with E-state index in [1.54, 1.807) is 4.90 Å². The number of hydroxylamine groups is 1. The van der Waals surface area contributed by atoms with Crippen LogP contribution in [0.2, 0.25) is 0 Å². The Morgan fingerprint density at radius 1 is 1.36 bits per heavy atom. The van der Waals surface area contributed by atoms with Crippen molar-refractivity contribution in [3.05, 3.63) is 23.8 Å². The fourth-order valence-corrected chi connectivity index (χ4v) is 2.94. The molecule has 0 bridgehead atoms. The smallest absolute Gasteiger partial charge is 0.414 e. The predicted octanol–water partition coefficient (Wildman–Crippen LogP) is 1.18. The van der Waals surface area contributed by atoms with Gasteiger partial charge in [-0.1, -0.05) is 12.2 Å². The number of rotatable bonds is 5. The van der Waals surface area contributed by atoms with Crippen molar-refractivity contribution >= 4 is 35.2 Å². The number of benzene rings is 1. The van der Waals surface area contributed by atoms with Crippen molar-refractivity contribution in [2.24, 2.45) is 0 Å². The lowest BCUT2D eigenvalue weighted by Crippen LogP contribution is -2.31. The normalized spacial score (nSPS) is 21.0. The molecule has 2 fully saturated rings. The van der Waals surface area contributed by atoms with Crippen LogP contribution in [-0.4, -0.2) is 57.0 Å². The van der Waals surface area contributed by atoms with Crippen molar-refractivity contribution in [3.63, 3.8) is 0 Å². The largest absolute Gasteiger partial charge is 0.442 e. The van der Waals surface area contributed by atoms with E-state index in [1.165, 1.54) is 10.4 Å². The molecule has 2 saturated heterocycles. The van der Waals surface area contributed by atoms with Gasteiger partial charge in [-0.05, 0) is 0 Å². The Morgan fingerprint density at radius 2 is 2.12 bits per heavy atom. The number of ether oxygens (including phenoxy) is 1. The fourth-order valence-electron chi connectivity index (χ4n) is 2.84. The average molecular weight is 372 g/mol. The topological polar surface area (TPSA) is 66.1 Å². The second-order valence-corrected chi connectivity index (χ2v) is 5.87. The molecule has 0 aliphatic carbocycles. The van der Waals surface area contributed by atoms with Gasteiger partial charge in [0.2, 0.25) is 0 Å². The van der Waals surface area contributed by atoms with E-state index in [9.17, 15) is 13.6 Å². The summed E-state index contributed by atoms with van der Waals surface area (Å²) >= 11 is 4.65. The number of halogens is 2. The minimum Gasteiger partial charge on any atom is -0.442 e. The molecule has 0 saturated carbocycles. The summed E-state index contributed by atoms with van der Waals surface area (Å²) in [5, 5.41) is 2.78. The van der Waals surface area contributed by atoms with Gasteiger partial charge < -0.3 is 15.0 Å². The van der Waals surface area contributed by atoms with E-state index >= 15 is 0 Å². The zero-order chi connectivity index (χ0) is 17.8. The predicted molar refractivity (Wildman–Crippen MR) is 91.8 cm³/mol. The number of hydrogen-bond acceptors (Lipinski definition) is 6. The maximum Gasteiger partial charge on any atom is 0.414 e. The summed E-state index contributed by atoms with van der Waals surface area (Å²) in [6, 6.07) is 2.29. The molecule has 1 aromatic rings. The highest BCUT2D eigenvalue weighted by Gasteiger charge is 2.33. The molecule has 2 aliphatic heterocycles. The molecule has 2 N–H and O–H groups in total. The molecular weight excluding hydrogens is 354 g/mol. The maximum atomic E-state index is 14.6. The fraction of sp³-hybridized carbons (Fsp3) is 0.467. The van der Waals surface area contributed by atoms with E-state index in [1.807, 2.05) is 0 Å². The third kappa shape index (κ3) is 3.97. The first-order chi connectivity index (χ1) is 12.1. The molecule has 1 atom stereocenters. The summed E-state index contributed by atoms with van der Waals surface area (Å²) in [4.78, 5) is 19.8. The van der Waals surface area contributed by atoms with Crippen LogP contribution in [0.3, 0.4) is 0 Å². The molecule has 1 unspecified atom stereocenters. The highest BCUT2D eigenvalue weighted by molar-refractivity contribution is 7.78. The SMILES string of the molecule is O=C1OC(CNC=S)CN1c1cc(F)c(N2CCNOCC2)c(F)c1. The molecule has 0 spiro atoms. The van der Waals surface area contributed by atoms with Gasteiger partial charge in [-0.15, -0.1) is 0 Å². The van der Waals surface area contributed by atoms with Crippen LogP contribution in [0.15, 0.2) is 12.1 Å². The highest BCUT2D eigenvalue weighted by Crippen LogP contribution is 2.31. The molecule has 25 heavy (non-hydrogen) atoms. The number of amides is 1. The van der Waals surface area contributed by atoms with Gasteiger partial charge in [0.15, 0.2) is 11.6 Å². The van der Waals surface area contributed by atoms with E-state index in [0.717, 1.165) is 12.1 Å². The zero-order valence-electron chi connectivity index (χ0n) is 13.3. The summed E-state index contributed by atoms with van der Waals surface area (Å²) in [6.07, 6.45) is -1.08. The van der Waals surface area contributed by atoms with Crippen molar-refractivity contribution in [1.29, 1.82) is 0 Å². The van der Waals surface area contributed by atoms with Gasteiger partial charge in [0.1, 0.15) is 11.8 Å². The first-order valence-corrected chi connectivity index (χ1v) is 8.31. The number of carbonyl (C=O) groups is 1. The van der Waals surface area contributed by atoms with Crippen LogP contribution in [0.4, 0.5) is 25.0 Å².